The third kappa shape index (κ3) is 4.86. The van der Waals surface area contributed by atoms with Gasteiger partial charge in [-0.05, 0) is 37.5 Å². The number of nitrogens with one attached hydrogen (secondary N) is 2. The molecule has 0 fully saturated rings. The van der Waals surface area contributed by atoms with Crippen molar-refractivity contribution in [2.75, 3.05) is 0 Å². The maximum atomic E-state index is 12.4. The Morgan fingerprint density at radius 2 is 1.82 bits per heavy atom. The Morgan fingerprint density at radius 3 is 2.50 bits per heavy atom. The number of aromatic nitrogens is 2. The second kappa shape index (κ2) is 8.84. The molecule has 1 aromatic heterocycles. The number of aryl methyl sites for hydroxylation is 2. The first-order chi connectivity index (χ1) is 13.5. The molecule has 146 valence electrons. The van der Waals surface area contributed by atoms with Gasteiger partial charge in [-0.25, -0.2) is 4.83 Å². The minimum Gasteiger partial charge on any atom is -0.277 e. The van der Waals surface area contributed by atoms with Crippen molar-refractivity contribution in [3.05, 3.63) is 71.4 Å². The number of rotatable bonds is 8. The van der Waals surface area contributed by atoms with E-state index >= 15 is 0 Å². The van der Waals surface area contributed by atoms with Gasteiger partial charge < -0.3 is 0 Å². The average molecular weight is 397 g/mol. The van der Waals surface area contributed by atoms with Gasteiger partial charge in [0.15, 0.2) is 0 Å². The summed E-state index contributed by atoms with van der Waals surface area (Å²) in [4.78, 5) is 2.45. The molecule has 3 aromatic rings. The third-order valence-corrected chi connectivity index (χ3v) is 5.68. The fraction of sp³-hybridized carbons (Fsp3) is 0.238. The molecule has 0 atom stereocenters. The van der Waals surface area contributed by atoms with Gasteiger partial charge >= 0.3 is 0 Å². The number of H-pyrrole nitrogens is 1. The minimum absolute atomic E-state index is 0.191. The zero-order valence-corrected chi connectivity index (χ0v) is 16.8. The van der Waals surface area contributed by atoms with Crippen LogP contribution >= 0.6 is 0 Å². The minimum atomic E-state index is -3.71. The lowest BCUT2D eigenvalue weighted by Gasteiger charge is -2.05. The molecule has 0 radical (unpaired) electrons. The van der Waals surface area contributed by atoms with E-state index in [9.17, 15) is 8.42 Å². The number of aromatic amines is 1. The highest BCUT2D eigenvalue weighted by Gasteiger charge is 2.13. The van der Waals surface area contributed by atoms with Crippen molar-refractivity contribution in [1.82, 2.24) is 15.0 Å². The zero-order valence-electron chi connectivity index (χ0n) is 16.0. The molecule has 0 amide bonds. The van der Waals surface area contributed by atoms with Crippen LogP contribution in [-0.2, 0) is 16.4 Å². The number of hydrogen-bond acceptors (Lipinski definition) is 4. The summed E-state index contributed by atoms with van der Waals surface area (Å²) in [6.45, 7) is 4.15. The van der Waals surface area contributed by atoms with E-state index in [0.717, 1.165) is 41.6 Å². The van der Waals surface area contributed by atoms with E-state index in [2.05, 4.69) is 27.1 Å². The molecule has 0 saturated carbocycles. The van der Waals surface area contributed by atoms with Gasteiger partial charge in [0, 0.05) is 11.1 Å². The second-order valence-electron chi connectivity index (χ2n) is 6.67. The molecule has 2 aromatic carbocycles. The third-order valence-electron chi connectivity index (χ3n) is 4.44. The topological polar surface area (TPSA) is 87.2 Å². The number of nitrogens with zero attached hydrogens (tertiary/aromatic N) is 2. The summed E-state index contributed by atoms with van der Waals surface area (Å²) in [6, 6.07) is 14.9. The lowest BCUT2D eigenvalue weighted by atomic mass is 10.1. The van der Waals surface area contributed by atoms with Crippen molar-refractivity contribution in [3.8, 4) is 11.3 Å². The number of sulfonamides is 1. The lowest BCUT2D eigenvalue weighted by molar-refractivity contribution is 0.584. The molecular weight excluding hydrogens is 372 g/mol. The molecule has 0 saturated heterocycles. The maximum absolute atomic E-state index is 12.4. The summed E-state index contributed by atoms with van der Waals surface area (Å²) >= 11 is 0. The van der Waals surface area contributed by atoms with Crippen molar-refractivity contribution in [2.45, 2.75) is 38.0 Å². The molecular formula is C21H24N4O2S. The molecule has 2 N–H and O–H groups in total. The highest BCUT2D eigenvalue weighted by atomic mass is 32.2. The van der Waals surface area contributed by atoms with Crippen LogP contribution < -0.4 is 4.83 Å². The van der Waals surface area contributed by atoms with Crippen LogP contribution in [0.2, 0.25) is 0 Å². The van der Waals surface area contributed by atoms with Crippen molar-refractivity contribution in [3.63, 3.8) is 0 Å². The van der Waals surface area contributed by atoms with Crippen LogP contribution in [0.15, 0.2) is 64.7 Å². The molecule has 6 nitrogen and oxygen atoms in total. The van der Waals surface area contributed by atoms with E-state index in [1.807, 2.05) is 43.3 Å². The van der Waals surface area contributed by atoms with Crippen LogP contribution in [-0.4, -0.2) is 24.8 Å². The largest absolute Gasteiger partial charge is 0.277 e. The van der Waals surface area contributed by atoms with Gasteiger partial charge in [0.05, 0.1) is 23.0 Å². The first-order valence-electron chi connectivity index (χ1n) is 9.24. The molecule has 7 heteroatoms. The van der Waals surface area contributed by atoms with Gasteiger partial charge in [0.2, 0.25) is 0 Å². The summed E-state index contributed by atoms with van der Waals surface area (Å²) in [5.74, 6) is 0. The molecule has 0 bridgehead atoms. The summed E-state index contributed by atoms with van der Waals surface area (Å²) in [5.41, 5.74) is 4.72. The predicted molar refractivity (Wildman–Crippen MR) is 112 cm³/mol. The maximum Gasteiger partial charge on any atom is 0.276 e. The summed E-state index contributed by atoms with van der Waals surface area (Å²) in [5, 5.41) is 10.9. The smallest absolute Gasteiger partial charge is 0.276 e. The van der Waals surface area contributed by atoms with Crippen molar-refractivity contribution in [2.24, 2.45) is 5.10 Å². The first-order valence-corrected chi connectivity index (χ1v) is 10.7. The van der Waals surface area contributed by atoms with Crippen molar-refractivity contribution in [1.29, 1.82) is 0 Å². The van der Waals surface area contributed by atoms with Crippen molar-refractivity contribution >= 4 is 16.2 Å². The van der Waals surface area contributed by atoms with Gasteiger partial charge in [-0.1, -0.05) is 55.3 Å². The second-order valence-corrected chi connectivity index (χ2v) is 8.33. The van der Waals surface area contributed by atoms with E-state index in [1.54, 1.807) is 18.3 Å². The zero-order chi connectivity index (χ0) is 20.0. The average Bonchev–Trinajstić information content (AvgIpc) is 3.15. The Morgan fingerprint density at radius 1 is 1.11 bits per heavy atom. The van der Waals surface area contributed by atoms with Gasteiger partial charge in [0.25, 0.3) is 10.0 Å². The Balaban J connectivity index is 1.70. The Labute approximate surface area is 165 Å². The molecule has 28 heavy (non-hydrogen) atoms. The Hall–Kier alpha value is -2.93. The fourth-order valence-corrected chi connectivity index (χ4v) is 3.57. The van der Waals surface area contributed by atoms with Crippen LogP contribution in [0.3, 0.4) is 0 Å². The fourth-order valence-electron chi connectivity index (χ4n) is 2.78. The molecule has 0 spiro atoms. The summed E-state index contributed by atoms with van der Waals surface area (Å²) in [6.07, 6.45) is 6.20. The lowest BCUT2D eigenvalue weighted by Crippen LogP contribution is -2.18. The summed E-state index contributed by atoms with van der Waals surface area (Å²) in [7, 11) is -3.71. The predicted octanol–water partition coefficient (Wildman–Crippen LogP) is 4.04. The molecule has 0 aliphatic rings. The van der Waals surface area contributed by atoms with Crippen LogP contribution in [0, 0.1) is 6.92 Å². The van der Waals surface area contributed by atoms with Gasteiger partial charge in [-0.2, -0.15) is 18.6 Å². The normalized spacial score (nSPS) is 11.8. The quantitative estimate of drug-likeness (QED) is 0.445. The highest BCUT2D eigenvalue weighted by molar-refractivity contribution is 7.89. The Bertz CT molecular complexity index is 1040. The number of benzene rings is 2. The monoisotopic (exact) mass is 396 g/mol. The van der Waals surface area contributed by atoms with Gasteiger partial charge in [-0.3, -0.25) is 5.10 Å². The van der Waals surface area contributed by atoms with Crippen LogP contribution in [0.5, 0.6) is 0 Å². The van der Waals surface area contributed by atoms with Crippen LogP contribution in [0.1, 0.15) is 36.5 Å². The molecule has 1 heterocycles. The SMILES string of the molecule is CCCCc1ccc(S(=O)(=O)N/N=C/c2cn[nH]c2-c2ccc(C)cc2)cc1. The number of unbranched alkanes of at least 4 members (excludes halogenated alkanes) is 1. The first kappa shape index (κ1) is 19.8. The molecule has 0 aliphatic heterocycles. The Kier molecular flexibility index (Phi) is 6.26. The van der Waals surface area contributed by atoms with E-state index in [4.69, 9.17) is 0 Å². The van der Waals surface area contributed by atoms with E-state index in [1.165, 1.54) is 6.21 Å². The molecule has 0 aliphatic carbocycles. The van der Waals surface area contributed by atoms with E-state index in [0.29, 0.717) is 5.56 Å². The van der Waals surface area contributed by atoms with Crippen LogP contribution in [0.4, 0.5) is 0 Å². The molecule has 3 rings (SSSR count). The standard InChI is InChI=1S/C21H24N4O2S/c1-3-4-5-17-8-12-20(13-9-17)28(26,27)25-23-15-19-14-22-24-21(19)18-10-6-16(2)7-11-18/h6-15,25H,3-5H2,1-2H3,(H,22,24)/b23-15+. The van der Waals surface area contributed by atoms with E-state index < -0.39 is 10.0 Å². The summed E-state index contributed by atoms with van der Waals surface area (Å²) < 4.78 is 24.9. The number of hydrazone groups is 1. The van der Waals surface area contributed by atoms with E-state index in [-0.39, 0.29) is 4.90 Å². The van der Waals surface area contributed by atoms with Crippen LogP contribution in [0.25, 0.3) is 11.3 Å². The number of hydrogen-bond donors (Lipinski definition) is 2. The molecule has 0 unspecified atom stereocenters. The van der Waals surface area contributed by atoms with Gasteiger partial charge in [-0.15, -0.1) is 0 Å². The highest BCUT2D eigenvalue weighted by Crippen LogP contribution is 2.20. The van der Waals surface area contributed by atoms with Crippen molar-refractivity contribution < 1.29 is 8.42 Å². The van der Waals surface area contributed by atoms with Gasteiger partial charge in [0.1, 0.15) is 0 Å².